The van der Waals surface area contributed by atoms with Gasteiger partial charge in [-0.1, -0.05) is 133 Å². The number of nitrogens with zero attached hydrogens (tertiary/aromatic N) is 4. The van der Waals surface area contributed by atoms with E-state index < -0.39 is 0 Å². The van der Waals surface area contributed by atoms with Crippen molar-refractivity contribution < 1.29 is 4.39 Å². The van der Waals surface area contributed by atoms with Gasteiger partial charge in [0, 0.05) is 39.0 Å². The van der Waals surface area contributed by atoms with E-state index in [9.17, 15) is 4.39 Å². The monoisotopic (exact) mass is 732 g/mol. The molecular weight excluding hydrogens is 700 g/mol. The Hall–Kier alpha value is -7.63. The van der Waals surface area contributed by atoms with E-state index in [1.54, 1.807) is 12.1 Å². The summed E-state index contributed by atoms with van der Waals surface area (Å²) in [5.41, 5.74) is 13.7. The van der Waals surface area contributed by atoms with E-state index in [0.717, 1.165) is 82.8 Å². The Morgan fingerprint density at radius 3 is 1.72 bits per heavy atom. The molecule has 0 saturated heterocycles. The van der Waals surface area contributed by atoms with Gasteiger partial charge >= 0.3 is 0 Å². The molecule has 0 saturated carbocycles. The highest BCUT2D eigenvalue weighted by molar-refractivity contribution is 6.12. The fourth-order valence-corrected chi connectivity index (χ4v) is 8.37. The molecule has 0 spiro atoms. The maximum Gasteiger partial charge on any atom is 0.235 e. The van der Waals surface area contributed by atoms with Gasteiger partial charge < -0.3 is 4.57 Å². The van der Waals surface area contributed by atoms with E-state index in [1.807, 2.05) is 30.5 Å². The number of fused-ring (bicyclic) bond motifs is 6. The Morgan fingerprint density at radius 1 is 0.351 bits per heavy atom. The minimum Gasteiger partial charge on any atom is -0.309 e. The van der Waals surface area contributed by atoms with E-state index in [2.05, 4.69) is 161 Å². The molecule has 0 N–H and O–H groups in total. The van der Waals surface area contributed by atoms with Crippen LogP contribution in [0.25, 0.3) is 99.9 Å². The number of aromatic nitrogens is 4. The summed E-state index contributed by atoms with van der Waals surface area (Å²) in [5, 5.41) is 4.50. The Labute approximate surface area is 328 Å². The summed E-state index contributed by atoms with van der Waals surface area (Å²) in [4.78, 5) is 10.0. The molecule has 57 heavy (non-hydrogen) atoms. The van der Waals surface area contributed by atoms with Gasteiger partial charge in [-0.25, -0.2) is 14.4 Å². The van der Waals surface area contributed by atoms with Crippen LogP contribution in [0.15, 0.2) is 200 Å². The summed E-state index contributed by atoms with van der Waals surface area (Å²) >= 11 is 0. The lowest BCUT2D eigenvalue weighted by Crippen LogP contribution is -2.01. The molecule has 0 aliphatic carbocycles. The van der Waals surface area contributed by atoms with Crippen molar-refractivity contribution in [2.75, 3.05) is 0 Å². The van der Waals surface area contributed by atoms with Gasteiger partial charge in [0.1, 0.15) is 5.82 Å². The van der Waals surface area contributed by atoms with Crippen LogP contribution >= 0.6 is 0 Å². The fraction of sp³-hybridized carbons (Fsp3) is 0. The molecule has 11 aromatic rings. The van der Waals surface area contributed by atoms with E-state index in [4.69, 9.17) is 9.97 Å². The first-order valence-electron chi connectivity index (χ1n) is 19.1. The maximum atomic E-state index is 14.5. The molecular formula is C52H33FN4. The smallest absolute Gasteiger partial charge is 0.235 e. The third-order valence-corrected chi connectivity index (χ3v) is 11.1. The van der Waals surface area contributed by atoms with Crippen LogP contribution in [0.3, 0.4) is 0 Å². The van der Waals surface area contributed by atoms with Crippen LogP contribution in [0.1, 0.15) is 0 Å². The topological polar surface area (TPSA) is 35.6 Å². The minimum atomic E-state index is -0.260. The zero-order valence-corrected chi connectivity index (χ0v) is 30.7. The molecule has 5 heteroatoms. The number of para-hydroxylation sites is 2. The molecule has 8 aromatic carbocycles. The molecule has 3 heterocycles. The highest BCUT2D eigenvalue weighted by Gasteiger charge is 2.18. The Kier molecular flexibility index (Phi) is 7.64. The first kappa shape index (κ1) is 32.8. The number of rotatable bonds is 6. The molecule has 0 bridgehead atoms. The molecule has 0 aliphatic rings. The second-order valence-electron chi connectivity index (χ2n) is 14.4. The minimum absolute atomic E-state index is 0.260. The van der Waals surface area contributed by atoms with Crippen molar-refractivity contribution >= 4 is 43.6 Å². The average Bonchev–Trinajstić information content (AvgIpc) is 3.79. The predicted octanol–water partition coefficient (Wildman–Crippen LogP) is 13.5. The van der Waals surface area contributed by atoms with Gasteiger partial charge in [0.25, 0.3) is 0 Å². The summed E-state index contributed by atoms with van der Waals surface area (Å²) in [6.07, 6.45) is 1.85. The number of halogens is 1. The lowest BCUT2D eigenvalue weighted by atomic mass is 9.98. The molecule has 0 unspecified atom stereocenters. The van der Waals surface area contributed by atoms with Crippen LogP contribution in [-0.4, -0.2) is 19.1 Å². The molecule has 0 amide bonds. The molecule has 268 valence electrons. The van der Waals surface area contributed by atoms with E-state index in [-0.39, 0.29) is 5.82 Å². The summed E-state index contributed by atoms with van der Waals surface area (Å²) in [7, 11) is 0. The van der Waals surface area contributed by atoms with Crippen molar-refractivity contribution in [1.82, 2.24) is 19.1 Å². The van der Waals surface area contributed by atoms with Gasteiger partial charge in [-0.2, -0.15) is 0 Å². The van der Waals surface area contributed by atoms with Crippen molar-refractivity contribution in [1.29, 1.82) is 0 Å². The van der Waals surface area contributed by atoms with Gasteiger partial charge in [0.15, 0.2) is 0 Å². The molecule has 4 nitrogen and oxygen atoms in total. The van der Waals surface area contributed by atoms with E-state index >= 15 is 0 Å². The highest BCUT2D eigenvalue weighted by atomic mass is 19.1. The summed E-state index contributed by atoms with van der Waals surface area (Å²) in [6.45, 7) is 0. The van der Waals surface area contributed by atoms with Crippen LogP contribution in [0.2, 0.25) is 0 Å². The van der Waals surface area contributed by atoms with E-state index in [1.165, 1.54) is 17.2 Å². The zero-order chi connectivity index (χ0) is 37.9. The third kappa shape index (κ3) is 5.59. The Bertz CT molecular complexity index is 3300. The SMILES string of the molecule is Fc1cccc(-n2c3ccccc3c3ccc(-c4ccc5c(c4)c4ccccc4n5-c4nccc(-c5cccc(-c6ccc(-c7ccccc7)cc6)c5)n4)cc32)c1. The van der Waals surface area contributed by atoms with Crippen molar-refractivity contribution in [2.45, 2.75) is 0 Å². The van der Waals surface area contributed by atoms with Crippen molar-refractivity contribution in [3.05, 3.63) is 206 Å². The quantitative estimate of drug-likeness (QED) is 0.171. The second-order valence-corrected chi connectivity index (χ2v) is 14.4. The van der Waals surface area contributed by atoms with Gasteiger partial charge in [-0.15, -0.1) is 0 Å². The Balaban J connectivity index is 0.993. The van der Waals surface area contributed by atoms with Crippen LogP contribution < -0.4 is 0 Å². The van der Waals surface area contributed by atoms with Gasteiger partial charge in [0.05, 0.1) is 27.8 Å². The van der Waals surface area contributed by atoms with Crippen LogP contribution in [0.4, 0.5) is 4.39 Å². The molecule has 0 atom stereocenters. The first-order valence-corrected chi connectivity index (χ1v) is 19.1. The van der Waals surface area contributed by atoms with Crippen molar-refractivity contribution in [2.24, 2.45) is 0 Å². The highest BCUT2D eigenvalue weighted by Crippen LogP contribution is 2.38. The van der Waals surface area contributed by atoms with Crippen LogP contribution in [0.5, 0.6) is 0 Å². The van der Waals surface area contributed by atoms with Crippen LogP contribution in [0, 0.1) is 5.82 Å². The summed E-state index contributed by atoms with van der Waals surface area (Å²) < 4.78 is 18.8. The molecule has 0 fully saturated rings. The van der Waals surface area contributed by atoms with Crippen molar-refractivity contribution in [3.8, 4) is 56.3 Å². The molecule has 0 radical (unpaired) electrons. The number of hydrogen-bond donors (Lipinski definition) is 0. The molecule has 0 aliphatic heterocycles. The average molecular weight is 733 g/mol. The molecule has 11 rings (SSSR count). The normalized spacial score (nSPS) is 11.6. The van der Waals surface area contributed by atoms with Crippen LogP contribution in [-0.2, 0) is 0 Å². The third-order valence-electron chi connectivity index (χ3n) is 11.1. The lowest BCUT2D eigenvalue weighted by Gasteiger charge is -2.10. The van der Waals surface area contributed by atoms with Gasteiger partial charge in [-0.05, 0) is 94.0 Å². The second kappa shape index (κ2) is 13.3. The number of benzene rings is 8. The largest absolute Gasteiger partial charge is 0.309 e. The maximum absolute atomic E-state index is 14.5. The predicted molar refractivity (Wildman–Crippen MR) is 232 cm³/mol. The standard InChI is InChI=1S/C52H33FN4/c53-41-14-9-15-42(33-41)56-48-18-6-4-16-43(48)45-26-24-39(32-51(45)56)38-25-27-50-46(31-38)44-17-5-7-19-49(44)57(50)52-54-29-28-47(55-52)40-13-8-12-37(30-40)36-22-20-35(21-23-36)34-10-2-1-3-11-34/h1-33H. The first-order chi connectivity index (χ1) is 28.2. The lowest BCUT2D eigenvalue weighted by molar-refractivity contribution is 0.627. The number of hydrogen-bond acceptors (Lipinski definition) is 2. The van der Waals surface area contributed by atoms with Crippen molar-refractivity contribution in [3.63, 3.8) is 0 Å². The van der Waals surface area contributed by atoms with E-state index in [0.29, 0.717) is 5.95 Å². The Morgan fingerprint density at radius 2 is 0.912 bits per heavy atom. The summed E-state index contributed by atoms with van der Waals surface area (Å²) in [6, 6.07) is 66.5. The van der Waals surface area contributed by atoms with Gasteiger partial charge in [0.2, 0.25) is 5.95 Å². The zero-order valence-electron chi connectivity index (χ0n) is 30.7. The summed E-state index contributed by atoms with van der Waals surface area (Å²) in [5.74, 6) is 0.356. The fourth-order valence-electron chi connectivity index (χ4n) is 8.37. The van der Waals surface area contributed by atoms with Gasteiger partial charge in [-0.3, -0.25) is 4.57 Å². The molecule has 3 aromatic heterocycles.